The van der Waals surface area contributed by atoms with Gasteiger partial charge in [0, 0.05) is 23.9 Å². The number of rotatable bonds is 3. The number of carbonyl (C=O) groups is 1. The van der Waals surface area contributed by atoms with Gasteiger partial charge in [0.25, 0.3) is 11.5 Å². The van der Waals surface area contributed by atoms with Crippen LogP contribution in [0, 0.1) is 5.82 Å². The van der Waals surface area contributed by atoms with Gasteiger partial charge >= 0.3 is 0 Å². The molecule has 1 aliphatic rings. The average Bonchev–Trinajstić information content (AvgIpc) is 3.03. The summed E-state index contributed by atoms with van der Waals surface area (Å²) >= 11 is 0. The van der Waals surface area contributed by atoms with Crippen molar-refractivity contribution in [2.24, 2.45) is 0 Å². The third-order valence-electron chi connectivity index (χ3n) is 5.49. The lowest BCUT2D eigenvalue weighted by molar-refractivity contribution is 0.102. The largest absolute Gasteiger partial charge is 0.318 e. The van der Waals surface area contributed by atoms with Crippen LogP contribution in [0.2, 0.25) is 0 Å². The van der Waals surface area contributed by atoms with Crippen LogP contribution in [-0.4, -0.2) is 30.9 Å². The number of aromatic amines is 1. The molecule has 8 nitrogen and oxygen atoms in total. The highest BCUT2D eigenvalue weighted by Gasteiger charge is 2.19. The average molecular weight is 418 g/mol. The van der Waals surface area contributed by atoms with Gasteiger partial charge in [0.05, 0.1) is 11.1 Å². The molecule has 0 saturated carbocycles. The van der Waals surface area contributed by atoms with Crippen LogP contribution in [0.3, 0.4) is 0 Å². The maximum atomic E-state index is 14.5. The van der Waals surface area contributed by atoms with E-state index in [1.54, 1.807) is 36.4 Å². The summed E-state index contributed by atoms with van der Waals surface area (Å²) in [6.45, 7) is 0.810. The first-order valence-corrected chi connectivity index (χ1v) is 10.1. The fraction of sp³-hybridized carbons (Fsp3) is 0.227. The minimum Gasteiger partial charge on any atom is -0.318 e. The van der Waals surface area contributed by atoms with Crippen LogP contribution in [0.25, 0.3) is 22.2 Å². The Bertz CT molecular complexity index is 1360. The van der Waals surface area contributed by atoms with Crippen molar-refractivity contribution in [1.29, 1.82) is 0 Å². The van der Waals surface area contributed by atoms with Crippen molar-refractivity contribution < 1.29 is 9.18 Å². The van der Waals surface area contributed by atoms with Crippen molar-refractivity contribution in [3.63, 3.8) is 0 Å². The molecule has 0 unspecified atom stereocenters. The Kier molecular flexibility index (Phi) is 4.78. The van der Waals surface area contributed by atoms with Gasteiger partial charge in [0.15, 0.2) is 11.5 Å². The number of nitrogens with zero attached hydrogens (tertiary/aromatic N) is 4. The smallest absolute Gasteiger partial charge is 0.276 e. The van der Waals surface area contributed by atoms with E-state index in [1.807, 2.05) is 0 Å². The Morgan fingerprint density at radius 3 is 2.77 bits per heavy atom. The van der Waals surface area contributed by atoms with E-state index in [2.05, 4.69) is 30.3 Å². The Balaban J connectivity index is 1.50. The number of aromatic nitrogens is 5. The minimum atomic E-state index is -0.622. The van der Waals surface area contributed by atoms with Crippen LogP contribution < -0.4 is 10.9 Å². The van der Waals surface area contributed by atoms with Gasteiger partial charge in [-0.25, -0.2) is 9.49 Å². The van der Waals surface area contributed by atoms with Gasteiger partial charge < -0.3 is 9.88 Å². The number of H-pyrrole nitrogens is 1. The second-order valence-electron chi connectivity index (χ2n) is 7.50. The van der Waals surface area contributed by atoms with Gasteiger partial charge in [-0.3, -0.25) is 9.59 Å². The Hall–Kier alpha value is -3.88. The first-order chi connectivity index (χ1) is 15.1. The topological polar surface area (TPSA) is 106 Å². The number of amides is 1. The van der Waals surface area contributed by atoms with Crippen LogP contribution in [-0.2, 0) is 13.0 Å². The molecule has 1 aliphatic heterocycles. The third-order valence-corrected chi connectivity index (χ3v) is 5.49. The Morgan fingerprint density at radius 2 is 1.90 bits per heavy atom. The minimum absolute atomic E-state index is 0.00514. The summed E-state index contributed by atoms with van der Waals surface area (Å²) in [5.74, 6) is 0.372. The number of carbonyl (C=O) groups excluding carboxylic acids is 1. The highest BCUT2D eigenvalue weighted by atomic mass is 19.1. The molecule has 1 amide bonds. The van der Waals surface area contributed by atoms with E-state index in [4.69, 9.17) is 0 Å². The number of hydrogen-bond acceptors (Lipinski definition) is 5. The van der Waals surface area contributed by atoms with Crippen LogP contribution in [0.5, 0.6) is 0 Å². The Labute approximate surface area is 176 Å². The van der Waals surface area contributed by atoms with Crippen molar-refractivity contribution in [1.82, 2.24) is 25.0 Å². The third kappa shape index (κ3) is 3.48. The van der Waals surface area contributed by atoms with E-state index in [0.717, 1.165) is 38.1 Å². The van der Waals surface area contributed by atoms with Crippen LogP contribution in [0.4, 0.5) is 10.1 Å². The zero-order chi connectivity index (χ0) is 21.4. The fourth-order valence-corrected chi connectivity index (χ4v) is 3.93. The van der Waals surface area contributed by atoms with E-state index in [9.17, 15) is 14.0 Å². The molecule has 9 heteroatoms. The number of fused-ring (bicyclic) bond motifs is 2. The summed E-state index contributed by atoms with van der Waals surface area (Å²) in [4.78, 5) is 24.8. The lowest BCUT2D eigenvalue weighted by Crippen LogP contribution is -2.19. The molecule has 156 valence electrons. The fourth-order valence-electron chi connectivity index (χ4n) is 3.93. The molecule has 0 fully saturated rings. The molecule has 3 heterocycles. The quantitative estimate of drug-likeness (QED) is 0.531. The second kappa shape index (κ2) is 7.75. The molecular formula is C22H19FN6O2. The Morgan fingerprint density at radius 1 is 1.06 bits per heavy atom. The number of benzene rings is 2. The predicted molar refractivity (Wildman–Crippen MR) is 113 cm³/mol. The van der Waals surface area contributed by atoms with Crippen molar-refractivity contribution in [2.75, 3.05) is 5.32 Å². The molecule has 0 radical (unpaired) electrons. The molecule has 5 rings (SSSR count). The molecule has 2 aromatic heterocycles. The molecular weight excluding hydrogens is 399 g/mol. The number of anilines is 1. The number of hydrogen-bond donors (Lipinski definition) is 2. The molecule has 0 bridgehead atoms. The molecule has 0 saturated heterocycles. The molecule has 2 aromatic carbocycles. The summed E-state index contributed by atoms with van der Waals surface area (Å²) < 4.78 is 16.6. The maximum Gasteiger partial charge on any atom is 0.276 e. The first-order valence-electron chi connectivity index (χ1n) is 10.1. The van der Waals surface area contributed by atoms with Crippen molar-refractivity contribution in [3.05, 3.63) is 70.2 Å². The second-order valence-corrected chi connectivity index (χ2v) is 7.50. The molecule has 0 spiro atoms. The van der Waals surface area contributed by atoms with Gasteiger partial charge in [-0.1, -0.05) is 24.6 Å². The van der Waals surface area contributed by atoms with E-state index >= 15 is 0 Å². The highest BCUT2D eigenvalue weighted by Crippen LogP contribution is 2.27. The first kappa shape index (κ1) is 19.1. The number of halogens is 1. The monoisotopic (exact) mass is 418 g/mol. The summed E-state index contributed by atoms with van der Waals surface area (Å²) in [7, 11) is 0. The summed E-state index contributed by atoms with van der Waals surface area (Å²) in [5, 5.41) is 18.1. The van der Waals surface area contributed by atoms with Crippen molar-refractivity contribution >= 4 is 22.4 Å². The maximum absolute atomic E-state index is 14.5. The van der Waals surface area contributed by atoms with Crippen LogP contribution in [0.15, 0.2) is 47.3 Å². The van der Waals surface area contributed by atoms with Gasteiger partial charge in [-0.15, -0.1) is 10.2 Å². The SMILES string of the molecule is O=C(Nc1cc(-c2nnc3n2CCCCC3)ccc1F)c1n[nH]c(=O)c2ccccc12. The van der Waals surface area contributed by atoms with E-state index < -0.39 is 17.3 Å². The molecule has 4 aromatic rings. The van der Waals surface area contributed by atoms with E-state index in [0.29, 0.717) is 22.2 Å². The van der Waals surface area contributed by atoms with E-state index in [1.165, 1.54) is 6.07 Å². The number of aryl methyl sites for hydroxylation is 1. The van der Waals surface area contributed by atoms with Crippen LogP contribution >= 0.6 is 0 Å². The summed E-state index contributed by atoms with van der Waals surface area (Å²) in [6, 6.07) is 11.1. The molecule has 31 heavy (non-hydrogen) atoms. The van der Waals surface area contributed by atoms with Gasteiger partial charge in [-0.05, 0) is 37.1 Å². The van der Waals surface area contributed by atoms with Crippen LogP contribution in [0.1, 0.15) is 35.6 Å². The van der Waals surface area contributed by atoms with E-state index in [-0.39, 0.29) is 11.4 Å². The zero-order valence-electron chi connectivity index (χ0n) is 16.6. The summed E-state index contributed by atoms with van der Waals surface area (Å²) in [5.41, 5.74) is 0.284. The number of nitrogens with one attached hydrogen (secondary N) is 2. The van der Waals surface area contributed by atoms with Gasteiger partial charge in [-0.2, -0.15) is 5.10 Å². The standard InChI is InChI=1S/C22H19FN6O2/c23-16-10-9-13(20-27-25-18-8-2-1-5-11-29(18)20)12-17(16)24-22(31)19-14-6-3-4-7-15(14)21(30)28-26-19/h3-4,6-7,9-10,12H,1-2,5,8,11H2,(H,24,31)(H,28,30). The summed E-state index contributed by atoms with van der Waals surface area (Å²) in [6.07, 6.45) is 4.10. The lowest BCUT2D eigenvalue weighted by atomic mass is 10.1. The van der Waals surface area contributed by atoms with Crippen molar-refractivity contribution in [2.45, 2.75) is 32.2 Å². The zero-order valence-corrected chi connectivity index (χ0v) is 16.6. The highest BCUT2D eigenvalue weighted by molar-refractivity contribution is 6.11. The molecule has 0 aliphatic carbocycles. The predicted octanol–water partition coefficient (Wildman–Crippen LogP) is 3.30. The normalized spacial score (nSPS) is 13.6. The molecule has 0 atom stereocenters. The van der Waals surface area contributed by atoms with Gasteiger partial charge in [0.1, 0.15) is 11.6 Å². The van der Waals surface area contributed by atoms with Gasteiger partial charge in [0.2, 0.25) is 0 Å². The molecule has 2 N–H and O–H groups in total. The van der Waals surface area contributed by atoms with Crippen molar-refractivity contribution in [3.8, 4) is 11.4 Å². The lowest BCUT2D eigenvalue weighted by Gasteiger charge is -2.11.